The van der Waals surface area contributed by atoms with Crippen molar-refractivity contribution in [2.45, 2.75) is 100 Å². The minimum Gasteiger partial charge on any atom is -0.467 e. The summed E-state index contributed by atoms with van der Waals surface area (Å²) < 4.78 is 10.9. The number of nitrogens with one attached hydrogen (secondary N) is 3. The molecule has 0 aromatic heterocycles. The van der Waals surface area contributed by atoms with Crippen LogP contribution in [-0.2, 0) is 30.5 Å². The highest BCUT2D eigenvalue weighted by Gasteiger charge is 2.68. The molecule has 7 rings (SSSR count). The van der Waals surface area contributed by atoms with Crippen LogP contribution in [0.4, 0.5) is 4.79 Å². The van der Waals surface area contributed by atoms with Gasteiger partial charge in [-0.05, 0) is 118 Å². The number of ether oxygens (including phenoxy) is 2. The van der Waals surface area contributed by atoms with Crippen molar-refractivity contribution in [1.82, 2.24) is 16.0 Å². The van der Waals surface area contributed by atoms with Gasteiger partial charge in [-0.3, -0.25) is 9.59 Å². The van der Waals surface area contributed by atoms with Gasteiger partial charge >= 0.3 is 12.1 Å². The smallest absolute Gasteiger partial charge is 0.408 e. The van der Waals surface area contributed by atoms with E-state index >= 15 is 0 Å². The molecule has 0 radical (unpaired) electrons. The third-order valence-corrected chi connectivity index (χ3v) is 10.8. The van der Waals surface area contributed by atoms with Gasteiger partial charge in [0.05, 0.1) is 7.11 Å². The van der Waals surface area contributed by atoms with Crippen LogP contribution in [0.3, 0.4) is 0 Å². The maximum atomic E-state index is 14.6. The third kappa shape index (κ3) is 4.86. The standard InChI is InChI=1S/C33H43N3O6/c1-41-29(39)33(25-15-16-25,26-17-18-26)35-27(37)31(21-7-8-21,22-9-10-22)34-28(38)32(23-11-12-23,24-13-14-24)36-30(40)42-19-20-5-3-2-4-6-20/h2-6,21-26H,7-19H2,1H3,(H,34,38)(H,35,37)(H,36,40). The second-order valence-electron chi connectivity index (χ2n) is 13.8. The topological polar surface area (TPSA) is 123 Å². The summed E-state index contributed by atoms with van der Waals surface area (Å²) in [5, 5.41) is 9.67. The van der Waals surface area contributed by atoms with Gasteiger partial charge < -0.3 is 25.4 Å². The van der Waals surface area contributed by atoms with Crippen LogP contribution < -0.4 is 16.0 Å². The number of rotatable bonds is 14. The van der Waals surface area contributed by atoms with Gasteiger partial charge in [0.2, 0.25) is 11.8 Å². The van der Waals surface area contributed by atoms with Gasteiger partial charge in [0, 0.05) is 0 Å². The number of alkyl carbamates (subject to hydrolysis) is 1. The number of hydrogen-bond acceptors (Lipinski definition) is 6. The van der Waals surface area contributed by atoms with E-state index in [1.54, 1.807) is 0 Å². The number of methoxy groups -OCH3 is 1. The molecule has 0 heterocycles. The molecule has 6 aliphatic carbocycles. The molecule has 9 nitrogen and oxygen atoms in total. The van der Waals surface area contributed by atoms with Crippen LogP contribution in [0.15, 0.2) is 30.3 Å². The van der Waals surface area contributed by atoms with E-state index in [0.29, 0.717) is 0 Å². The second kappa shape index (κ2) is 10.3. The zero-order valence-electron chi connectivity index (χ0n) is 24.5. The molecule has 0 saturated heterocycles. The summed E-state index contributed by atoms with van der Waals surface area (Å²) in [6.45, 7) is 0.119. The molecule has 1 aromatic carbocycles. The van der Waals surface area contributed by atoms with E-state index < -0.39 is 22.7 Å². The molecule has 0 atom stereocenters. The van der Waals surface area contributed by atoms with Crippen LogP contribution in [0.2, 0.25) is 0 Å². The number of benzene rings is 1. The highest BCUT2D eigenvalue weighted by Crippen LogP contribution is 2.57. The van der Waals surface area contributed by atoms with Crippen LogP contribution >= 0.6 is 0 Å². The third-order valence-electron chi connectivity index (χ3n) is 10.8. The summed E-state index contributed by atoms with van der Waals surface area (Å²) in [6, 6.07) is 9.48. The van der Waals surface area contributed by atoms with E-state index in [4.69, 9.17) is 9.47 Å². The van der Waals surface area contributed by atoms with Crippen molar-refractivity contribution >= 4 is 23.9 Å². The summed E-state index contributed by atoms with van der Waals surface area (Å²) in [5.41, 5.74) is -2.34. The van der Waals surface area contributed by atoms with Crippen molar-refractivity contribution in [1.29, 1.82) is 0 Å². The number of esters is 1. The average Bonchev–Trinajstić information content (AvgIpc) is 3.81. The van der Waals surface area contributed by atoms with Gasteiger partial charge in [0.1, 0.15) is 23.2 Å². The van der Waals surface area contributed by atoms with E-state index in [9.17, 15) is 19.2 Å². The summed E-state index contributed by atoms with van der Waals surface area (Å²) in [6.07, 6.45) is 9.78. The molecule has 9 heteroatoms. The molecule has 3 amide bonds. The second-order valence-corrected chi connectivity index (χ2v) is 13.8. The lowest BCUT2D eigenvalue weighted by atomic mass is 9.79. The van der Waals surface area contributed by atoms with Crippen molar-refractivity contribution in [3.8, 4) is 0 Å². The fourth-order valence-electron chi connectivity index (χ4n) is 7.76. The molecule has 6 aliphatic rings. The maximum Gasteiger partial charge on any atom is 0.408 e. The monoisotopic (exact) mass is 577 g/mol. The Kier molecular flexibility index (Phi) is 6.77. The molecule has 0 bridgehead atoms. The van der Waals surface area contributed by atoms with Crippen molar-refractivity contribution in [3.05, 3.63) is 35.9 Å². The van der Waals surface area contributed by atoms with E-state index in [0.717, 1.165) is 82.6 Å². The largest absolute Gasteiger partial charge is 0.467 e. The van der Waals surface area contributed by atoms with Crippen molar-refractivity contribution in [2.24, 2.45) is 35.5 Å². The normalized spacial score (nSPS) is 22.6. The van der Waals surface area contributed by atoms with Crippen molar-refractivity contribution in [3.63, 3.8) is 0 Å². The zero-order chi connectivity index (χ0) is 29.1. The summed E-state index contributed by atoms with van der Waals surface area (Å²) in [7, 11) is 1.40. The molecule has 0 unspecified atom stereocenters. The molecule has 42 heavy (non-hydrogen) atoms. The molecular weight excluding hydrogens is 534 g/mol. The van der Waals surface area contributed by atoms with Crippen LogP contribution in [0.25, 0.3) is 0 Å². The van der Waals surface area contributed by atoms with E-state index in [-0.39, 0.29) is 59.9 Å². The SMILES string of the molecule is COC(=O)C(NC(=O)C(NC(=O)C(NC(=O)OCc1ccccc1)(C1CC1)C1CC1)(C1CC1)C1CC1)(C1CC1)C1CC1. The van der Waals surface area contributed by atoms with E-state index in [2.05, 4.69) is 16.0 Å². The predicted molar refractivity (Wildman–Crippen MR) is 153 cm³/mol. The fraction of sp³-hybridized carbons (Fsp3) is 0.697. The lowest BCUT2D eigenvalue weighted by Gasteiger charge is -2.43. The highest BCUT2D eigenvalue weighted by atomic mass is 16.5. The van der Waals surface area contributed by atoms with Crippen LogP contribution in [0.5, 0.6) is 0 Å². The lowest BCUT2D eigenvalue weighted by molar-refractivity contribution is -0.155. The van der Waals surface area contributed by atoms with Gasteiger partial charge in [-0.2, -0.15) is 0 Å². The number of amides is 3. The quantitative estimate of drug-likeness (QED) is 0.288. The van der Waals surface area contributed by atoms with Crippen LogP contribution in [-0.4, -0.2) is 47.6 Å². The first-order valence-corrected chi connectivity index (χ1v) is 16.1. The molecule has 6 fully saturated rings. The Balaban J connectivity index is 1.16. The Morgan fingerprint density at radius 2 is 1.00 bits per heavy atom. The Labute approximate surface area is 247 Å². The summed E-state index contributed by atoms with van der Waals surface area (Å²) in [5.74, 6) is -0.649. The number of hydrogen-bond donors (Lipinski definition) is 3. The van der Waals surface area contributed by atoms with Crippen molar-refractivity contribution < 1.29 is 28.7 Å². The van der Waals surface area contributed by atoms with Gasteiger partial charge in [-0.1, -0.05) is 30.3 Å². The summed E-state index contributed by atoms with van der Waals surface area (Å²) >= 11 is 0. The molecule has 0 aliphatic heterocycles. The highest BCUT2D eigenvalue weighted by molar-refractivity contribution is 6.00. The first-order valence-electron chi connectivity index (χ1n) is 16.1. The predicted octanol–water partition coefficient (Wildman–Crippen LogP) is 3.99. The first kappa shape index (κ1) is 27.7. The zero-order valence-corrected chi connectivity index (χ0v) is 24.5. The van der Waals surface area contributed by atoms with Gasteiger partial charge in [-0.15, -0.1) is 0 Å². The fourth-order valence-corrected chi connectivity index (χ4v) is 7.76. The molecule has 6 saturated carbocycles. The molecular formula is C33H43N3O6. The van der Waals surface area contributed by atoms with Gasteiger partial charge in [0.25, 0.3) is 0 Å². The van der Waals surface area contributed by atoms with Crippen molar-refractivity contribution in [2.75, 3.05) is 7.11 Å². The average molecular weight is 578 g/mol. The molecule has 0 spiro atoms. The number of carbonyl (C=O) groups excluding carboxylic acids is 4. The van der Waals surface area contributed by atoms with E-state index in [1.165, 1.54) is 7.11 Å². The number of carbonyl (C=O) groups is 4. The minimum absolute atomic E-state index is 0.0144. The van der Waals surface area contributed by atoms with E-state index in [1.807, 2.05) is 30.3 Å². The Morgan fingerprint density at radius 3 is 1.40 bits per heavy atom. The van der Waals surface area contributed by atoms with Gasteiger partial charge in [0.15, 0.2) is 0 Å². The molecule has 3 N–H and O–H groups in total. The lowest BCUT2D eigenvalue weighted by Crippen LogP contribution is -2.72. The molecule has 226 valence electrons. The minimum atomic E-state index is -1.10. The van der Waals surface area contributed by atoms with Crippen LogP contribution in [0, 0.1) is 35.5 Å². The first-order chi connectivity index (χ1) is 20.3. The van der Waals surface area contributed by atoms with Crippen LogP contribution in [0.1, 0.15) is 82.6 Å². The maximum absolute atomic E-state index is 14.6. The molecule has 1 aromatic rings. The van der Waals surface area contributed by atoms with Gasteiger partial charge in [-0.25, -0.2) is 9.59 Å². The Morgan fingerprint density at radius 1 is 0.619 bits per heavy atom. The Hall–Kier alpha value is -3.10. The Bertz CT molecular complexity index is 1210. The summed E-state index contributed by atoms with van der Waals surface area (Å²) in [4.78, 5) is 55.7.